The van der Waals surface area contributed by atoms with Crippen molar-refractivity contribution in [2.45, 2.75) is 39.7 Å². The van der Waals surface area contributed by atoms with Crippen LogP contribution in [-0.4, -0.2) is 30.3 Å². The molecule has 0 saturated carbocycles. The highest BCUT2D eigenvalue weighted by Gasteiger charge is 2.15. The van der Waals surface area contributed by atoms with E-state index in [1.165, 1.54) is 0 Å². The van der Waals surface area contributed by atoms with Gasteiger partial charge in [0.15, 0.2) is 0 Å². The van der Waals surface area contributed by atoms with E-state index < -0.39 is 11.7 Å². The molecule has 5 nitrogen and oxygen atoms in total. The van der Waals surface area contributed by atoms with Gasteiger partial charge in [-0.25, -0.2) is 9.78 Å². The van der Waals surface area contributed by atoms with E-state index in [1.54, 1.807) is 13.3 Å². The zero-order valence-corrected chi connectivity index (χ0v) is 13.4. The van der Waals surface area contributed by atoms with E-state index in [0.29, 0.717) is 12.4 Å². The molecule has 1 aromatic rings. The van der Waals surface area contributed by atoms with Gasteiger partial charge < -0.3 is 14.8 Å². The van der Waals surface area contributed by atoms with E-state index in [2.05, 4.69) is 10.3 Å². The molecule has 0 unspecified atom stereocenters. The molecule has 0 aliphatic heterocycles. The maximum Gasteiger partial charge on any atom is 0.407 e. The summed E-state index contributed by atoms with van der Waals surface area (Å²) in [5, 5.41) is 2.71. The molecule has 1 amide bonds. The molecule has 5 heteroatoms. The smallest absolute Gasteiger partial charge is 0.407 e. The van der Waals surface area contributed by atoms with Crippen LogP contribution in [0.15, 0.2) is 18.3 Å². The van der Waals surface area contributed by atoms with Gasteiger partial charge in [0, 0.05) is 18.8 Å². The number of pyridine rings is 1. The number of rotatable bonds is 5. The van der Waals surface area contributed by atoms with Crippen molar-refractivity contribution in [1.82, 2.24) is 10.3 Å². The Bertz CT molecular complexity index is 505. The normalized spacial score (nSPS) is 11.5. The number of hydrogen-bond acceptors (Lipinski definition) is 4. The Hall–Kier alpha value is -2.04. The highest BCUT2D eigenvalue weighted by atomic mass is 16.6. The Morgan fingerprint density at radius 3 is 2.71 bits per heavy atom. The molecule has 0 aliphatic carbocycles. The minimum absolute atomic E-state index is 0.391. The van der Waals surface area contributed by atoms with Crippen LogP contribution >= 0.6 is 0 Å². The number of aromatic nitrogens is 1. The van der Waals surface area contributed by atoms with Crippen LogP contribution < -0.4 is 10.1 Å². The van der Waals surface area contributed by atoms with Crippen LogP contribution in [0.25, 0.3) is 6.08 Å². The summed E-state index contributed by atoms with van der Waals surface area (Å²) in [6.45, 7) is 8.06. The van der Waals surface area contributed by atoms with Crippen molar-refractivity contribution in [1.29, 1.82) is 0 Å². The number of carbonyl (C=O) groups excluding carboxylic acids is 1. The zero-order valence-electron chi connectivity index (χ0n) is 13.4. The molecule has 0 bridgehead atoms. The number of ether oxygens (including phenoxy) is 2. The summed E-state index contributed by atoms with van der Waals surface area (Å²) in [7, 11) is 1.60. The molecule has 1 heterocycles. The largest absolute Gasteiger partial charge is 0.481 e. The van der Waals surface area contributed by atoms with Crippen molar-refractivity contribution in [3.8, 4) is 5.88 Å². The monoisotopic (exact) mass is 292 g/mol. The molecular weight excluding hydrogens is 268 g/mol. The van der Waals surface area contributed by atoms with E-state index in [0.717, 1.165) is 17.5 Å². The molecule has 0 radical (unpaired) electrons. The summed E-state index contributed by atoms with van der Waals surface area (Å²) in [4.78, 5) is 15.6. The van der Waals surface area contributed by atoms with E-state index in [-0.39, 0.29) is 0 Å². The minimum Gasteiger partial charge on any atom is -0.481 e. The topological polar surface area (TPSA) is 60.5 Å². The van der Waals surface area contributed by atoms with Gasteiger partial charge in [-0.1, -0.05) is 12.2 Å². The second kappa shape index (κ2) is 7.67. The first-order valence-corrected chi connectivity index (χ1v) is 6.96. The minimum atomic E-state index is -0.466. The Morgan fingerprint density at radius 2 is 2.14 bits per heavy atom. The maximum absolute atomic E-state index is 11.4. The highest BCUT2D eigenvalue weighted by Crippen LogP contribution is 2.14. The van der Waals surface area contributed by atoms with Gasteiger partial charge in [-0.15, -0.1) is 0 Å². The second-order valence-electron chi connectivity index (χ2n) is 5.70. The Morgan fingerprint density at radius 1 is 1.43 bits per heavy atom. The number of methoxy groups -OCH3 is 1. The van der Waals surface area contributed by atoms with Crippen molar-refractivity contribution in [2.24, 2.45) is 0 Å². The summed E-state index contributed by atoms with van der Waals surface area (Å²) in [6, 6.07) is 1.89. The fraction of sp³-hybridized carbons (Fsp3) is 0.500. The molecule has 21 heavy (non-hydrogen) atoms. The first-order valence-electron chi connectivity index (χ1n) is 6.96. The first-order chi connectivity index (χ1) is 9.81. The average molecular weight is 292 g/mol. The lowest BCUT2D eigenvalue weighted by Gasteiger charge is -2.19. The van der Waals surface area contributed by atoms with Gasteiger partial charge in [0.05, 0.1) is 7.11 Å². The Labute approximate surface area is 126 Å². The highest BCUT2D eigenvalue weighted by molar-refractivity contribution is 5.67. The van der Waals surface area contributed by atoms with Gasteiger partial charge in [-0.2, -0.15) is 0 Å². The van der Waals surface area contributed by atoms with Crippen LogP contribution in [0.1, 0.15) is 38.3 Å². The second-order valence-corrected chi connectivity index (χ2v) is 5.70. The van der Waals surface area contributed by atoms with Crippen LogP contribution in [0.4, 0.5) is 4.79 Å². The van der Waals surface area contributed by atoms with Gasteiger partial charge in [-0.05, 0) is 45.2 Å². The number of alkyl carbamates (subject to hydrolysis) is 1. The van der Waals surface area contributed by atoms with E-state index in [1.807, 2.05) is 45.9 Å². The fourth-order valence-electron chi connectivity index (χ4n) is 1.61. The number of nitrogens with one attached hydrogen (secondary N) is 1. The summed E-state index contributed by atoms with van der Waals surface area (Å²) in [5.74, 6) is 0.608. The van der Waals surface area contributed by atoms with Crippen LogP contribution in [0, 0.1) is 6.92 Å². The molecule has 0 spiro atoms. The Kier molecular flexibility index (Phi) is 6.21. The van der Waals surface area contributed by atoms with Crippen LogP contribution in [0.5, 0.6) is 5.88 Å². The van der Waals surface area contributed by atoms with Gasteiger partial charge >= 0.3 is 6.09 Å². The predicted octanol–water partition coefficient (Wildman–Crippen LogP) is 3.33. The third-order valence-electron chi connectivity index (χ3n) is 2.61. The van der Waals surface area contributed by atoms with E-state index in [9.17, 15) is 4.79 Å². The van der Waals surface area contributed by atoms with Crippen molar-refractivity contribution in [2.75, 3.05) is 13.7 Å². The van der Waals surface area contributed by atoms with Gasteiger partial charge in [0.25, 0.3) is 0 Å². The van der Waals surface area contributed by atoms with Crippen molar-refractivity contribution >= 4 is 12.2 Å². The van der Waals surface area contributed by atoms with Crippen LogP contribution in [-0.2, 0) is 4.74 Å². The lowest BCUT2D eigenvalue weighted by molar-refractivity contribution is 0.0529. The van der Waals surface area contributed by atoms with Crippen LogP contribution in [0.2, 0.25) is 0 Å². The summed E-state index contributed by atoms with van der Waals surface area (Å²) >= 11 is 0. The zero-order chi connectivity index (χ0) is 15.9. The van der Waals surface area contributed by atoms with Crippen molar-refractivity contribution in [3.05, 3.63) is 29.5 Å². The molecule has 0 saturated heterocycles. The lowest BCUT2D eigenvalue weighted by atomic mass is 10.1. The van der Waals surface area contributed by atoms with Crippen molar-refractivity contribution in [3.63, 3.8) is 0 Å². The fourth-order valence-corrected chi connectivity index (χ4v) is 1.61. The molecule has 0 aromatic carbocycles. The van der Waals surface area contributed by atoms with Crippen molar-refractivity contribution < 1.29 is 14.3 Å². The number of hydrogen-bond donors (Lipinski definition) is 1. The maximum atomic E-state index is 11.4. The molecule has 1 N–H and O–H groups in total. The summed E-state index contributed by atoms with van der Waals surface area (Å²) in [6.07, 6.45) is 6.08. The summed E-state index contributed by atoms with van der Waals surface area (Å²) in [5.41, 5.74) is 1.66. The number of nitrogens with zero attached hydrogens (tertiary/aromatic N) is 1. The molecule has 1 aromatic heterocycles. The first kappa shape index (κ1) is 17.0. The Balaban J connectivity index is 2.37. The summed E-state index contributed by atoms with van der Waals surface area (Å²) < 4.78 is 10.2. The molecule has 0 aliphatic rings. The predicted molar refractivity (Wildman–Crippen MR) is 83.4 cm³/mol. The molecule has 1 rings (SSSR count). The number of aryl methyl sites for hydroxylation is 1. The number of carbonyl (C=O) groups is 1. The van der Waals surface area contributed by atoms with Gasteiger partial charge in [0.2, 0.25) is 5.88 Å². The molecular formula is C16H24N2O3. The molecule has 0 atom stereocenters. The lowest BCUT2D eigenvalue weighted by Crippen LogP contribution is -2.32. The molecule has 116 valence electrons. The third-order valence-corrected chi connectivity index (χ3v) is 2.61. The van der Waals surface area contributed by atoms with Gasteiger partial charge in [-0.3, -0.25) is 0 Å². The average Bonchev–Trinajstić information content (AvgIpc) is 2.37. The van der Waals surface area contributed by atoms with Gasteiger partial charge in [0.1, 0.15) is 5.60 Å². The van der Waals surface area contributed by atoms with E-state index >= 15 is 0 Å². The molecule has 0 fully saturated rings. The van der Waals surface area contributed by atoms with E-state index in [4.69, 9.17) is 9.47 Å². The third kappa shape index (κ3) is 6.79. The quantitative estimate of drug-likeness (QED) is 0.846. The van der Waals surface area contributed by atoms with Crippen LogP contribution in [0.3, 0.4) is 0 Å². The standard InChI is InChI=1S/C16H24N2O3/c1-12-10-14(20-5)18-11-13(12)8-6-7-9-17-15(19)21-16(2,3)4/h6,8,10-11H,7,9H2,1-5H3,(H,17,19). The number of amides is 1. The SMILES string of the molecule is COc1cc(C)c(C=CCCNC(=O)OC(C)(C)C)cn1.